The van der Waals surface area contributed by atoms with Crippen molar-refractivity contribution in [3.05, 3.63) is 0 Å². The third kappa shape index (κ3) is 49.9. The first-order valence-corrected chi connectivity index (χ1v) is 21.8. The van der Waals surface area contributed by atoms with E-state index in [2.05, 4.69) is 27.9 Å². The third-order valence-corrected chi connectivity index (χ3v) is 10.2. The fraction of sp³-hybridized carbons (Fsp3) is 0.977. The highest BCUT2D eigenvalue weighted by atomic mass is 16.4. The molecule has 0 radical (unpaired) electrons. The standard InChI is InChI=1S/C42H88N.C2H4O2/c1-5-7-9-11-13-15-17-19-21-23-25-27-29-31-33-35-37-39-41-43(3,4)42-40-38-36-34-32-30-28-26-24-22-20-18-16-14-12-10-8-6-2;1-2(3)4/h5-42H2,1-4H3;1H3,(H,3,4)/q+1;/p-1. The average molecular weight is 666 g/mol. The zero-order chi connectivity index (χ0) is 34.9. The van der Waals surface area contributed by atoms with Crippen molar-refractivity contribution < 1.29 is 14.4 Å². The summed E-state index contributed by atoms with van der Waals surface area (Å²) in [6.45, 7) is 8.37. The number of rotatable bonds is 38. The molecule has 0 heterocycles. The molecule has 0 bridgehead atoms. The van der Waals surface area contributed by atoms with Gasteiger partial charge in [0.1, 0.15) is 0 Å². The minimum absolute atomic E-state index is 0.972. The molecular weight excluding hydrogens is 574 g/mol. The zero-order valence-corrected chi connectivity index (χ0v) is 33.6. The van der Waals surface area contributed by atoms with Gasteiger partial charge in [-0.25, -0.2) is 0 Å². The quantitative estimate of drug-likeness (QED) is 0.0486. The highest BCUT2D eigenvalue weighted by molar-refractivity contribution is 5.60. The van der Waals surface area contributed by atoms with Crippen LogP contribution in [0.25, 0.3) is 0 Å². The van der Waals surface area contributed by atoms with E-state index in [1.807, 2.05) is 0 Å². The number of carbonyl (C=O) groups excluding carboxylic acids is 1. The van der Waals surface area contributed by atoms with Crippen molar-refractivity contribution >= 4 is 5.97 Å². The summed E-state index contributed by atoms with van der Waals surface area (Å²) in [5.41, 5.74) is 0. The molecule has 47 heavy (non-hydrogen) atoms. The maximum atomic E-state index is 8.89. The molecule has 0 atom stereocenters. The molecule has 0 aliphatic rings. The van der Waals surface area contributed by atoms with E-state index in [0.717, 1.165) is 6.92 Å². The second-order valence-corrected chi connectivity index (χ2v) is 15.9. The molecule has 0 saturated heterocycles. The predicted molar refractivity (Wildman–Crippen MR) is 210 cm³/mol. The summed E-state index contributed by atoms with van der Waals surface area (Å²) in [5.74, 6) is -1.08. The number of carboxylic acids is 1. The van der Waals surface area contributed by atoms with Crippen molar-refractivity contribution in [1.82, 2.24) is 0 Å². The van der Waals surface area contributed by atoms with Gasteiger partial charge in [0.05, 0.1) is 27.2 Å². The Bertz CT molecular complexity index is 529. The van der Waals surface area contributed by atoms with Crippen LogP contribution in [0.15, 0.2) is 0 Å². The summed E-state index contributed by atoms with van der Waals surface area (Å²) in [6, 6.07) is 0. The molecule has 3 nitrogen and oxygen atoms in total. The molecule has 0 unspecified atom stereocenters. The van der Waals surface area contributed by atoms with Crippen LogP contribution in [-0.4, -0.2) is 37.6 Å². The molecule has 0 aliphatic carbocycles. The second-order valence-electron chi connectivity index (χ2n) is 15.9. The molecule has 0 aromatic carbocycles. The van der Waals surface area contributed by atoms with Crippen molar-refractivity contribution in [2.75, 3.05) is 27.2 Å². The lowest BCUT2D eigenvalue weighted by atomic mass is 10.0. The maximum Gasteiger partial charge on any atom is 0.0782 e. The van der Waals surface area contributed by atoms with Crippen LogP contribution in [0.1, 0.15) is 252 Å². The van der Waals surface area contributed by atoms with Crippen LogP contribution in [0.4, 0.5) is 0 Å². The zero-order valence-electron chi connectivity index (χ0n) is 33.6. The molecule has 0 aromatic rings. The molecule has 0 aliphatic heterocycles. The van der Waals surface area contributed by atoms with E-state index in [4.69, 9.17) is 9.90 Å². The lowest BCUT2D eigenvalue weighted by molar-refractivity contribution is -0.890. The van der Waals surface area contributed by atoms with E-state index < -0.39 is 5.97 Å². The Morgan fingerprint density at radius 2 is 0.468 bits per heavy atom. The molecular formula is C44H91NO2. The number of hydrogen-bond donors (Lipinski definition) is 0. The lowest BCUT2D eigenvalue weighted by Gasteiger charge is -2.30. The van der Waals surface area contributed by atoms with Gasteiger partial charge in [-0.1, -0.05) is 219 Å². The summed E-state index contributed by atoms with van der Waals surface area (Å²) < 4.78 is 1.25. The van der Waals surface area contributed by atoms with Crippen LogP contribution in [0.3, 0.4) is 0 Å². The number of nitrogens with zero attached hydrogens (tertiary/aromatic N) is 1. The van der Waals surface area contributed by atoms with Gasteiger partial charge in [0.2, 0.25) is 0 Å². The third-order valence-electron chi connectivity index (χ3n) is 10.2. The molecule has 0 amide bonds. The highest BCUT2D eigenvalue weighted by Crippen LogP contribution is 2.17. The van der Waals surface area contributed by atoms with Crippen LogP contribution >= 0.6 is 0 Å². The minimum Gasteiger partial charge on any atom is -0.550 e. The van der Waals surface area contributed by atoms with E-state index in [-0.39, 0.29) is 0 Å². The topological polar surface area (TPSA) is 40.1 Å². The first-order valence-electron chi connectivity index (χ1n) is 21.8. The van der Waals surface area contributed by atoms with E-state index >= 15 is 0 Å². The number of hydrogen-bond acceptors (Lipinski definition) is 2. The summed E-state index contributed by atoms with van der Waals surface area (Å²) in [6.07, 6.45) is 52.9. The molecule has 0 fully saturated rings. The van der Waals surface area contributed by atoms with Crippen molar-refractivity contribution in [2.45, 2.75) is 252 Å². The summed E-state index contributed by atoms with van der Waals surface area (Å²) in [7, 11) is 4.95. The summed E-state index contributed by atoms with van der Waals surface area (Å²) >= 11 is 0. The average Bonchev–Trinajstić information content (AvgIpc) is 3.03. The Balaban J connectivity index is 0. The Morgan fingerprint density at radius 3 is 0.617 bits per heavy atom. The maximum absolute atomic E-state index is 8.89. The molecule has 0 spiro atoms. The van der Waals surface area contributed by atoms with E-state index in [0.29, 0.717) is 0 Å². The molecule has 3 heteroatoms. The van der Waals surface area contributed by atoms with Crippen LogP contribution in [0.5, 0.6) is 0 Å². The molecule has 0 N–H and O–H groups in total. The van der Waals surface area contributed by atoms with E-state index in [9.17, 15) is 0 Å². The summed E-state index contributed by atoms with van der Waals surface area (Å²) in [4.78, 5) is 8.89. The summed E-state index contributed by atoms with van der Waals surface area (Å²) in [5, 5.41) is 8.89. The normalized spacial score (nSPS) is 11.5. The smallest absolute Gasteiger partial charge is 0.0782 e. The SMILES string of the molecule is CC(=O)[O-].CCCCCCCCCCCCCCCCCCCC[N+](C)(C)CCCCCCCCCCCCCCCCCCCC. The number of quaternary nitrogens is 1. The van der Waals surface area contributed by atoms with Crippen molar-refractivity contribution in [3.8, 4) is 0 Å². The number of carboxylic acid groups (broad SMARTS) is 1. The Hall–Kier alpha value is -0.570. The molecule has 0 rings (SSSR count). The largest absolute Gasteiger partial charge is 0.550 e. The van der Waals surface area contributed by atoms with E-state index in [1.54, 1.807) is 0 Å². The van der Waals surface area contributed by atoms with Gasteiger partial charge < -0.3 is 14.4 Å². The van der Waals surface area contributed by atoms with E-state index in [1.165, 1.54) is 249 Å². The van der Waals surface area contributed by atoms with Gasteiger partial charge in [0.15, 0.2) is 0 Å². The van der Waals surface area contributed by atoms with Crippen molar-refractivity contribution in [2.24, 2.45) is 0 Å². The van der Waals surface area contributed by atoms with Crippen LogP contribution in [0, 0.1) is 0 Å². The first kappa shape index (κ1) is 48.5. The Morgan fingerprint density at radius 1 is 0.340 bits per heavy atom. The number of carbonyl (C=O) groups is 1. The predicted octanol–water partition coefficient (Wildman–Crippen LogP) is 13.9. The number of unbranched alkanes of at least 4 members (excludes halogenated alkanes) is 34. The monoisotopic (exact) mass is 666 g/mol. The Kier molecular flexibility index (Phi) is 43.0. The van der Waals surface area contributed by atoms with Crippen LogP contribution in [-0.2, 0) is 4.79 Å². The van der Waals surface area contributed by atoms with Gasteiger partial charge in [0, 0.05) is 5.97 Å². The minimum atomic E-state index is -1.08. The highest BCUT2D eigenvalue weighted by Gasteiger charge is 2.13. The molecule has 0 saturated carbocycles. The molecule has 0 aromatic heterocycles. The van der Waals surface area contributed by atoms with Gasteiger partial charge >= 0.3 is 0 Å². The van der Waals surface area contributed by atoms with Crippen molar-refractivity contribution in [1.29, 1.82) is 0 Å². The van der Waals surface area contributed by atoms with Crippen molar-refractivity contribution in [3.63, 3.8) is 0 Å². The van der Waals surface area contributed by atoms with Gasteiger partial charge in [-0.15, -0.1) is 0 Å². The van der Waals surface area contributed by atoms with Crippen LogP contribution < -0.4 is 5.11 Å². The van der Waals surface area contributed by atoms with Gasteiger partial charge in [0.25, 0.3) is 0 Å². The van der Waals surface area contributed by atoms with Crippen LogP contribution in [0.2, 0.25) is 0 Å². The first-order chi connectivity index (χ1) is 22.9. The lowest BCUT2D eigenvalue weighted by Crippen LogP contribution is -2.41. The fourth-order valence-electron chi connectivity index (χ4n) is 6.99. The molecule has 284 valence electrons. The fourth-order valence-corrected chi connectivity index (χ4v) is 6.99. The second kappa shape index (κ2) is 41.6. The number of aliphatic carboxylic acids is 1. The van der Waals surface area contributed by atoms with Gasteiger partial charge in [-0.3, -0.25) is 0 Å². The van der Waals surface area contributed by atoms with Gasteiger partial charge in [-0.2, -0.15) is 0 Å². The van der Waals surface area contributed by atoms with Gasteiger partial charge in [-0.05, 0) is 32.6 Å². The Labute approximate surface area is 298 Å².